The van der Waals surface area contributed by atoms with E-state index in [0.717, 1.165) is 6.07 Å². The smallest absolute Gasteiger partial charge is 0.207 e. The van der Waals surface area contributed by atoms with Gasteiger partial charge in [-0.05, 0) is 24.6 Å². The molecule has 0 aliphatic rings. The summed E-state index contributed by atoms with van der Waals surface area (Å²) in [5, 5.41) is 0. The SMILES string of the molecule is Cc1cc(S(=O)(=O)Cl)cc(F)c1C(F)F. The highest BCUT2D eigenvalue weighted by Crippen LogP contribution is 2.29. The van der Waals surface area contributed by atoms with Gasteiger partial charge in [0, 0.05) is 10.7 Å². The van der Waals surface area contributed by atoms with Crippen molar-refractivity contribution in [1.82, 2.24) is 0 Å². The van der Waals surface area contributed by atoms with Gasteiger partial charge in [0.05, 0.1) is 10.5 Å². The van der Waals surface area contributed by atoms with Crippen molar-refractivity contribution in [2.75, 3.05) is 0 Å². The summed E-state index contributed by atoms with van der Waals surface area (Å²) in [5.74, 6) is -1.27. The molecule has 0 aromatic heterocycles. The number of benzene rings is 1. The fourth-order valence-electron chi connectivity index (χ4n) is 1.14. The van der Waals surface area contributed by atoms with Crippen LogP contribution >= 0.6 is 10.7 Å². The summed E-state index contributed by atoms with van der Waals surface area (Å²) in [6, 6.07) is 1.39. The Morgan fingerprint density at radius 2 is 1.87 bits per heavy atom. The van der Waals surface area contributed by atoms with Gasteiger partial charge in [0.1, 0.15) is 5.82 Å². The van der Waals surface area contributed by atoms with Gasteiger partial charge in [-0.2, -0.15) is 0 Å². The van der Waals surface area contributed by atoms with E-state index in [4.69, 9.17) is 10.7 Å². The molecule has 0 atom stereocenters. The van der Waals surface area contributed by atoms with E-state index in [9.17, 15) is 21.6 Å². The zero-order chi connectivity index (χ0) is 11.8. The third-order valence-corrected chi connectivity index (χ3v) is 3.14. The van der Waals surface area contributed by atoms with Crippen molar-refractivity contribution in [3.05, 3.63) is 29.1 Å². The van der Waals surface area contributed by atoms with Crippen LogP contribution in [0.2, 0.25) is 0 Å². The average Bonchev–Trinajstić information content (AvgIpc) is 1.99. The minimum Gasteiger partial charge on any atom is -0.207 e. The molecular formula is C8H6ClF3O2S. The quantitative estimate of drug-likeness (QED) is 0.764. The monoisotopic (exact) mass is 258 g/mol. The lowest BCUT2D eigenvalue weighted by Gasteiger charge is -2.07. The van der Waals surface area contributed by atoms with Gasteiger partial charge in [-0.1, -0.05) is 0 Å². The third kappa shape index (κ3) is 2.63. The molecule has 1 aromatic carbocycles. The molecule has 0 fully saturated rings. The Labute approximate surface area is 89.1 Å². The Bertz CT molecular complexity index is 462. The molecule has 0 radical (unpaired) electrons. The number of halogens is 4. The molecule has 0 N–H and O–H groups in total. The second-order valence-electron chi connectivity index (χ2n) is 2.87. The van der Waals surface area contributed by atoms with Crippen LogP contribution in [0.1, 0.15) is 17.6 Å². The largest absolute Gasteiger partial charge is 0.266 e. The molecule has 2 nitrogen and oxygen atoms in total. The van der Waals surface area contributed by atoms with Crippen LogP contribution in [0, 0.1) is 12.7 Å². The molecule has 0 saturated carbocycles. The summed E-state index contributed by atoms with van der Waals surface area (Å²) in [7, 11) is 0.850. The zero-order valence-electron chi connectivity index (χ0n) is 7.47. The van der Waals surface area contributed by atoms with Crippen LogP contribution in [0.3, 0.4) is 0 Å². The van der Waals surface area contributed by atoms with Crippen LogP contribution < -0.4 is 0 Å². The number of aryl methyl sites for hydroxylation is 1. The maximum Gasteiger partial charge on any atom is 0.266 e. The van der Waals surface area contributed by atoms with Crippen LogP contribution in [0.25, 0.3) is 0 Å². The highest BCUT2D eigenvalue weighted by molar-refractivity contribution is 8.13. The van der Waals surface area contributed by atoms with Crippen molar-refractivity contribution >= 4 is 19.7 Å². The number of alkyl halides is 2. The van der Waals surface area contributed by atoms with Crippen molar-refractivity contribution in [1.29, 1.82) is 0 Å². The first kappa shape index (κ1) is 12.3. The lowest BCUT2D eigenvalue weighted by atomic mass is 10.1. The van der Waals surface area contributed by atoms with E-state index in [1.54, 1.807) is 0 Å². The average molecular weight is 259 g/mol. The van der Waals surface area contributed by atoms with Crippen molar-refractivity contribution in [3.63, 3.8) is 0 Å². The Hall–Kier alpha value is -0.750. The number of hydrogen-bond acceptors (Lipinski definition) is 2. The van der Waals surface area contributed by atoms with Gasteiger partial charge >= 0.3 is 0 Å². The van der Waals surface area contributed by atoms with Crippen molar-refractivity contribution in [3.8, 4) is 0 Å². The molecule has 0 spiro atoms. The molecule has 0 saturated heterocycles. The second-order valence-corrected chi connectivity index (χ2v) is 5.44. The summed E-state index contributed by atoms with van der Waals surface area (Å²) in [5.41, 5.74) is -0.955. The van der Waals surface area contributed by atoms with E-state index in [2.05, 4.69) is 0 Å². The fourth-order valence-corrected chi connectivity index (χ4v) is 1.97. The van der Waals surface area contributed by atoms with E-state index in [1.807, 2.05) is 0 Å². The van der Waals surface area contributed by atoms with Crippen LogP contribution in [0.4, 0.5) is 13.2 Å². The van der Waals surface area contributed by atoms with Gasteiger partial charge in [0.25, 0.3) is 15.5 Å². The molecule has 0 heterocycles. The predicted molar refractivity (Wildman–Crippen MR) is 49.1 cm³/mol. The van der Waals surface area contributed by atoms with Crippen LogP contribution in [-0.4, -0.2) is 8.42 Å². The van der Waals surface area contributed by atoms with E-state index in [1.165, 1.54) is 6.92 Å². The summed E-state index contributed by atoms with van der Waals surface area (Å²) in [6.07, 6.45) is -2.99. The molecule has 0 unspecified atom stereocenters. The van der Waals surface area contributed by atoms with Gasteiger partial charge in [-0.3, -0.25) is 0 Å². The van der Waals surface area contributed by atoms with Crippen LogP contribution in [-0.2, 0) is 9.05 Å². The fraction of sp³-hybridized carbons (Fsp3) is 0.250. The Balaban J connectivity index is 3.45. The molecule has 7 heteroatoms. The summed E-state index contributed by atoms with van der Waals surface area (Å²) in [4.78, 5) is -0.524. The van der Waals surface area contributed by atoms with Gasteiger partial charge in [0.2, 0.25) is 0 Å². The molecule has 0 aliphatic heterocycles. The highest BCUT2D eigenvalue weighted by Gasteiger charge is 2.20. The maximum absolute atomic E-state index is 13.1. The van der Waals surface area contributed by atoms with E-state index in [0.29, 0.717) is 6.07 Å². The Morgan fingerprint density at radius 3 is 2.20 bits per heavy atom. The molecule has 84 valence electrons. The van der Waals surface area contributed by atoms with E-state index in [-0.39, 0.29) is 5.56 Å². The lowest BCUT2D eigenvalue weighted by molar-refractivity contribution is 0.145. The van der Waals surface area contributed by atoms with Crippen molar-refractivity contribution in [2.45, 2.75) is 18.2 Å². The molecule has 1 aromatic rings. The van der Waals surface area contributed by atoms with Crippen molar-refractivity contribution < 1.29 is 21.6 Å². The van der Waals surface area contributed by atoms with Crippen LogP contribution in [0.5, 0.6) is 0 Å². The minimum atomic E-state index is -4.10. The standard InChI is InChI=1S/C8H6ClF3O2S/c1-4-2-5(15(9,13)14)3-6(10)7(4)8(11)12/h2-3,8H,1H3. The van der Waals surface area contributed by atoms with E-state index >= 15 is 0 Å². The predicted octanol–water partition coefficient (Wildman–Crippen LogP) is 3.00. The first-order chi connectivity index (χ1) is 6.73. The second kappa shape index (κ2) is 4.02. The summed E-state index contributed by atoms with van der Waals surface area (Å²) < 4.78 is 59.3. The zero-order valence-corrected chi connectivity index (χ0v) is 9.04. The summed E-state index contributed by atoms with van der Waals surface area (Å²) in [6.45, 7) is 1.19. The highest BCUT2D eigenvalue weighted by atomic mass is 35.7. The third-order valence-electron chi connectivity index (χ3n) is 1.81. The van der Waals surface area contributed by atoms with E-state index < -0.39 is 31.8 Å². The first-order valence-electron chi connectivity index (χ1n) is 3.76. The Kier molecular flexibility index (Phi) is 3.30. The Morgan fingerprint density at radius 1 is 1.33 bits per heavy atom. The van der Waals surface area contributed by atoms with Gasteiger partial charge in [-0.15, -0.1) is 0 Å². The molecule has 15 heavy (non-hydrogen) atoms. The molecule has 0 amide bonds. The van der Waals surface area contributed by atoms with Crippen molar-refractivity contribution in [2.24, 2.45) is 0 Å². The first-order valence-corrected chi connectivity index (χ1v) is 6.07. The maximum atomic E-state index is 13.1. The molecule has 0 aliphatic carbocycles. The van der Waals surface area contributed by atoms with Crippen LogP contribution in [0.15, 0.2) is 17.0 Å². The topological polar surface area (TPSA) is 34.1 Å². The summed E-state index contributed by atoms with van der Waals surface area (Å²) >= 11 is 0. The minimum absolute atomic E-state index is 0.149. The lowest BCUT2D eigenvalue weighted by Crippen LogP contribution is -2.00. The van der Waals surface area contributed by atoms with Gasteiger partial charge in [-0.25, -0.2) is 21.6 Å². The van der Waals surface area contributed by atoms with Gasteiger partial charge < -0.3 is 0 Å². The molecule has 0 bridgehead atoms. The molecular weight excluding hydrogens is 253 g/mol. The number of rotatable bonds is 2. The normalized spacial score (nSPS) is 12.1. The number of hydrogen-bond donors (Lipinski definition) is 0. The van der Waals surface area contributed by atoms with Gasteiger partial charge in [0.15, 0.2) is 0 Å². The molecule has 1 rings (SSSR count).